The number of quaternary nitrogens is 1. The Morgan fingerprint density at radius 2 is 1.89 bits per heavy atom. The highest BCUT2D eigenvalue weighted by atomic mass is 79.9. The smallest absolute Gasteiger partial charge is 0.0893 e. The molecule has 0 aromatic carbocycles. The summed E-state index contributed by atoms with van der Waals surface area (Å²) in [5.74, 6) is 0. The second-order valence-electron chi connectivity index (χ2n) is 2.42. The van der Waals surface area contributed by atoms with E-state index in [-0.39, 0.29) is 17.0 Å². The van der Waals surface area contributed by atoms with E-state index in [1.54, 1.807) is 0 Å². The third-order valence-electron chi connectivity index (χ3n) is 1.07. The van der Waals surface area contributed by atoms with E-state index in [0.29, 0.717) is 4.83 Å². The van der Waals surface area contributed by atoms with E-state index in [1.165, 1.54) is 17.9 Å². The van der Waals surface area contributed by atoms with Crippen molar-refractivity contribution in [2.75, 3.05) is 20.6 Å². The summed E-state index contributed by atoms with van der Waals surface area (Å²) in [7, 11) is 4.34. The maximum absolute atomic E-state index is 3.56. The van der Waals surface area contributed by atoms with Gasteiger partial charge in [-0.15, -0.1) is 0 Å². The summed E-state index contributed by atoms with van der Waals surface area (Å²) in [4.78, 5) is 2.21. The quantitative estimate of drug-likeness (QED) is 0.528. The number of nitrogens with one attached hydrogen (secondary N) is 1. The van der Waals surface area contributed by atoms with Gasteiger partial charge in [-0.2, -0.15) is 0 Å². The molecule has 0 aromatic heterocycles. The van der Waals surface area contributed by atoms with Crippen LogP contribution in [0, 0.1) is 0 Å². The average Bonchev–Trinajstić information content (AvgIpc) is 1.65. The van der Waals surface area contributed by atoms with E-state index < -0.39 is 0 Å². The van der Waals surface area contributed by atoms with Crippen LogP contribution in [-0.2, 0) is 0 Å². The van der Waals surface area contributed by atoms with Crippen LogP contribution in [-0.4, -0.2) is 25.5 Å². The van der Waals surface area contributed by atoms with Gasteiger partial charge < -0.3 is 21.9 Å². The molecule has 0 aliphatic rings. The van der Waals surface area contributed by atoms with Crippen molar-refractivity contribution in [3.63, 3.8) is 0 Å². The van der Waals surface area contributed by atoms with Crippen molar-refractivity contribution in [2.24, 2.45) is 0 Å². The first-order valence-electron chi connectivity index (χ1n) is 3.10. The lowest BCUT2D eigenvalue weighted by molar-refractivity contribution is -0.857. The second kappa shape index (κ2) is 7.03. The molecule has 0 amide bonds. The molecule has 58 valence electrons. The Kier molecular flexibility index (Phi) is 9.83. The Balaban J connectivity index is 0. The molecule has 0 radical (unpaired) electrons. The fourth-order valence-electron chi connectivity index (χ4n) is 0.587. The average molecular weight is 261 g/mol. The van der Waals surface area contributed by atoms with Gasteiger partial charge >= 0.3 is 0 Å². The first kappa shape index (κ1) is 12.6. The molecule has 1 nitrogen and oxygen atoms in total. The van der Waals surface area contributed by atoms with Crippen LogP contribution in [0.4, 0.5) is 0 Å². The van der Waals surface area contributed by atoms with Crippen molar-refractivity contribution in [3.8, 4) is 0 Å². The van der Waals surface area contributed by atoms with Crippen molar-refractivity contribution >= 4 is 15.9 Å². The molecular weight excluding hydrogens is 246 g/mol. The highest BCUT2D eigenvalue weighted by molar-refractivity contribution is 9.09. The Bertz CT molecular complexity index is 57.0. The fourth-order valence-corrected chi connectivity index (χ4v) is 1.23. The highest BCUT2D eigenvalue weighted by Crippen LogP contribution is 1.99. The molecule has 1 N–H and O–H groups in total. The van der Waals surface area contributed by atoms with Crippen LogP contribution >= 0.6 is 15.9 Å². The number of alkyl halides is 1. The van der Waals surface area contributed by atoms with Gasteiger partial charge in [-0.3, -0.25) is 0 Å². The van der Waals surface area contributed by atoms with E-state index in [1.807, 2.05) is 0 Å². The molecule has 0 aromatic rings. The van der Waals surface area contributed by atoms with Crippen LogP contribution in [0.25, 0.3) is 0 Å². The van der Waals surface area contributed by atoms with E-state index in [9.17, 15) is 0 Å². The third-order valence-corrected chi connectivity index (χ3v) is 2.04. The van der Waals surface area contributed by atoms with E-state index in [0.717, 1.165) is 0 Å². The molecule has 3 heteroatoms. The molecule has 0 spiro atoms. The van der Waals surface area contributed by atoms with Gasteiger partial charge in [-0.1, -0.05) is 22.9 Å². The molecule has 9 heavy (non-hydrogen) atoms. The summed E-state index contributed by atoms with van der Waals surface area (Å²) in [6, 6.07) is 0. The summed E-state index contributed by atoms with van der Waals surface area (Å²) in [6.07, 6.45) is 1.23. The summed E-state index contributed by atoms with van der Waals surface area (Å²) >= 11 is 3.56. The SMILES string of the molecule is CCC(Br)C[NH+](C)C.[Br-]. The molecular formula is C6H15Br2N. The van der Waals surface area contributed by atoms with Crippen LogP contribution in [0.2, 0.25) is 0 Å². The molecule has 0 heterocycles. The van der Waals surface area contributed by atoms with Crippen molar-refractivity contribution in [3.05, 3.63) is 0 Å². The van der Waals surface area contributed by atoms with E-state index in [4.69, 9.17) is 0 Å². The van der Waals surface area contributed by atoms with Crippen LogP contribution in [0.1, 0.15) is 13.3 Å². The standard InChI is InChI=1S/C6H14BrN.BrH/c1-4-6(7)5-8(2)3;/h6H,4-5H2,1-3H3;1H. The van der Waals surface area contributed by atoms with Gasteiger partial charge in [0.1, 0.15) is 0 Å². The Morgan fingerprint density at radius 1 is 1.44 bits per heavy atom. The molecule has 1 unspecified atom stereocenters. The monoisotopic (exact) mass is 259 g/mol. The first-order valence-corrected chi connectivity index (χ1v) is 4.01. The normalized spacial score (nSPS) is 13.0. The van der Waals surface area contributed by atoms with Crippen molar-refractivity contribution in [2.45, 2.75) is 18.2 Å². The molecule has 0 aliphatic heterocycles. The molecule has 0 saturated carbocycles. The predicted octanol–water partition coefficient (Wildman–Crippen LogP) is -2.69. The maximum Gasteiger partial charge on any atom is 0.0893 e. The van der Waals surface area contributed by atoms with Gasteiger partial charge in [-0.05, 0) is 6.42 Å². The minimum Gasteiger partial charge on any atom is -1.00 e. The Morgan fingerprint density at radius 3 is 2.00 bits per heavy atom. The molecule has 0 rings (SSSR count). The molecule has 0 saturated heterocycles. The predicted molar refractivity (Wildman–Crippen MR) is 40.7 cm³/mol. The van der Waals surface area contributed by atoms with E-state index >= 15 is 0 Å². The fraction of sp³-hybridized carbons (Fsp3) is 1.00. The molecule has 0 aliphatic carbocycles. The number of hydrogen-bond acceptors (Lipinski definition) is 0. The largest absolute Gasteiger partial charge is 1.00 e. The summed E-state index contributed by atoms with van der Waals surface area (Å²) in [5.41, 5.74) is 0. The summed E-state index contributed by atoms with van der Waals surface area (Å²) in [5, 5.41) is 0. The van der Waals surface area contributed by atoms with Gasteiger partial charge in [0.05, 0.1) is 25.5 Å². The van der Waals surface area contributed by atoms with Crippen LogP contribution in [0.15, 0.2) is 0 Å². The molecule has 0 bridgehead atoms. The number of halogens is 2. The topological polar surface area (TPSA) is 4.44 Å². The zero-order valence-corrected chi connectivity index (χ0v) is 9.42. The maximum atomic E-state index is 3.56. The zero-order chi connectivity index (χ0) is 6.57. The summed E-state index contributed by atoms with van der Waals surface area (Å²) in [6.45, 7) is 3.42. The third kappa shape index (κ3) is 8.92. The summed E-state index contributed by atoms with van der Waals surface area (Å²) < 4.78 is 0. The van der Waals surface area contributed by atoms with Gasteiger partial charge in [0.25, 0.3) is 0 Å². The van der Waals surface area contributed by atoms with Crippen LogP contribution in [0.3, 0.4) is 0 Å². The van der Waals surface area contributed by atoms with Crippen LogP contribution in [0.5, 0.6) is 0 Å². The minimum absolute atomic E-state index is 0. The first-order chi connectivity index (χ1) is 3.66. The highest BCUT2D eigenvalue weighted by Gasteiger charge is 2.02. The van der Waals surface area contributed by atoms with Gasteiger partial charge in [0.2, 0.25) is 0 Å². The zero-order valence-electron chi connectivity index (χ0n) is 6.25. The lowest BCUT2D eigenvalue weighted by Crippen LogP contribution is -3.06. The van der Waals surface area contributed by atoms with Crippen molar-refractivity contribution < 1.29 is 21.9 Å². The van der Waals surface area contributed by atoms with E-state index in [2.05, 4.69) is 36.9 Å². The van der Waals surface area contributed by atoms with Gasteiger partial charge in [-0.25, -0.2) is 0 Å². The lowest BCUT2D eigenvalue weighted by atomic mass is 10.3. The Hall–Kier alpha value is 0.920. The molecule has 0 fully saturated rings. The van der Waals surface area contributed by atoms with Crippen molar-refractivity contribution in [1.29, 1.82) is 0 Å². The minimum atomic E-state index is 0. The number of hydrogen-bond donors (Lipinski definition) is 1. The lowest BCUT2D eigenvalue weighted by Gasteiger charge is -2.09. The van der Waals surface area contributed by atoms with Crippen molar-refractivity contribution in [1.82, 2.24) is 0 Å². The number of rotatable bonds is 3. The molecule has 1 atom stereocenters. The van der Waals surface area contributed by atoms with Crippen LogP contribution < -0.4 is 21.9 Å². The Labute approximate surface area is 76.7 Å². The van der Waals surface area contributed by atoms with Gasteiger partial charge in [0.15, 0.2) is 0 Å². The van der Waals surface area contributed by atoms with Gasteiger partial charge in [0, 0.05) is 0 Å². The second-order valence-corrected chi connectivity index (χ2v) is 3.71.